The molecule has 1 amide bonds. The van der Waals surface area contributed by atoms with E-state index in [9.17, 15) is 22.8 Å². The SMILES string of the molecule is Cc1sc2c(=O)n(C3CCCC3)cnc2c1C(=O)Nc1ccccc1C(F)(F)F. The summed E-state index contributed by atoms with van der Waals surface area (Å²) in [6.45, 7) is 1.66. The highest BCUT2D eigenvalue weighted by molar-refractivity contribution is 7.19. The second-order valence-corrected chi connectivity index (χ2v) is 8.33. The van der Waals surface area contributed by atoms with Gasteiger partial charge in [0.15, 0.2) is 0 Å². The van der Waals surface area contributed by atoms with Crippen molar-refractivity contribution in [1.29, 1.82) is 0 Å². The standard InChI is InChI=1S/C20H18F3N3O2S/c1-11-15(18(27)25-14-9-5-4-8-13(14)20(21,22)23)16-17(29-11)19(28)26(10-24-16)12-6-2-3-7-12/h4-5,8-10,12H,2-3,6-7H2,1H3,(H,25,27). The first-order chi connectivity index (χ1) is 13.8. The lowest BCUT2D eigenvalue weighted by Gasteiger charge is -2.14. The molecular formula is C20H18F3N3O2S. The Bertz CT molecular complexity index is 1140. The van der Waals surface area contributed by atoms with Crippen molar-refractivity contribution in [2.75, 3.05) is 5.32 Å². The molecule has 0 radical (unpaired) electrons. The van der Waals surface area contributed by atoms with Crippen molar-refractivity contribution in [3.8, 4) is 0 Å². The molecule has 152 valence electrons. The van der Waals surface area contributed by atoms with E-state index < -0.39 is 17.6 Å². The molecule has 4 rings (SSSR count). The highest BCUT2D eigenvalue weighted by Gasteiger charge is 2.34. The van der Waals surface area contributed by atoms with Crippen molar-refractivity contribution in [2.45, 2.75) is 44.8 Å². The topological polar surface area (TPSA) is 64.0 Å². The largest absolute Gasteiger partial charge is 0.418 e. The average Bonchev–Trinajstić information content (AvgIpc) is 3.29. The Hall–Kier alpha value is -2.68. The number of nitrogens with one attached hydrogen (secondary N) is 1. The number of aromatic nitrogens is 2. The molecule has 1 aliphatic carbocycles. The molecule has 0 bridgehead atoms. The van der Waals surface area contributed by atoms with Crippen LogP contribution in [0, 0.1) is 6.92 Å². The number of fused-ring (bicyclic) bond motifs is 1. The number of alkyl halides is 3. The van der Waals surface area contributed by atoms with Crippen LogP contribution in [0.15, 0.2) is 35.4 Å². The van der Waals surface area contributed by atoms with Gasteiger partial charge in [0.1, 0.15) is 10.2 Å². The third-order valence-corrected chi connectivity index (χ3v) is 6.31. The molecular weight excluding hydrogens is 403 g/mol. The van der Waals surface area contributed by atoms with Crippen LogP contribution in [0.2, 0.25) is 0 Å². The van der Waals surface area contributed by atoms with Crippen LogP contribution in [-0.2, 0) is 6.18 Å². The van der Waals surface area contributed by atoms with E-state index in [0.29, 0.717) is 9.58 Å². The molecule has 0 aliphatic heterocycles. The Kier molecular flexibility index (Phi) is 4.94. The lowest BCUT2D eigenvalue weighted by atomic mass is 10.1. The number of hydrogen-bond donors (Lipinski definition) is 1. The summed E-state index contributed by atoms with van der Waals surface area (Å²) in [5.74, 6) is -0.712. The molecule has 1 N–H and O–H groups in total. The van der Waals surface area contributed by atoms with Gasteiger partial charge in [-0.05, 0) is 31.9 Å². The normalized spacial score (nSPS) is 15.2. The molecule has 0 unspecified atom stereocenters. The summed E-state index contributed by atoms with van der Waals surface area (Å²) in [7, 11) is 0. The maximum atomic E-state index is 13.2. The van der Waals surface area contributed by atoms with Crippen LogP contribution in [0.1, 0.15) is 52.5 Å². The maximum Gasteiger partial charge on any atom is 0.418 e. The summed E-state index contributed by atoms with van der Waals surface area (Å²) in [6.07, 6.45) is 0.809. The summed E-state index contributed by atoms with van der Waals surface area (Å²) < 4.78 is 41.6. The Morgan fingerprint density at radius 3 is 2.62 bits per heavy atom. The molecule has 29 heavy (non-hydrogen) atoms. The van der Waals surface area contributed by atoms with Crippen molar-refractivity contribution in [3.63, 3.8) is 0 Å². The van der Waals surface area contributed by atoms with E-state index in [-0.39, 0.29) is 28.4 Å². The number of aryl methyl sites for hydroxylation is 1. The molecule has 5 nitrogen and oxygen atoms in total. The number of para-hydroxylation sites is 1. The summed E-state index contributed by atoms with van der Waals surface area (Å²) in [5.41, 5.74) is -1.10. The van der Waals surface area contributed by atoms with E-state index in [1.54, 1.807) is 11.5 Å². The molecule has 3 aromatic rings. The fourth-order valence-corrected chi connectivity index (χ4v) is 4.87. The third-order valence-electron chi connectivity index (χ3n) is 5.22. The van der Waals surface area contributed by atoms with Gasteiger partial charge < -0.3 is 5.32 Å². The molecule has 1 aromatic carbocycles. The minimum atomic E-state index is -4.59. The number of carbonyl (C=O) groups is 1. The van der Waals surface area contributed by atoms with Crippen LogP contribution < -0.4 is 10.9 Å². The van der Waals surface area contributed by atoms with Crippen molar-refractivity contribution in [3.05, 3.63) is 57.0 Å². The number of amides is 1. The average molecular weight is 421 g/mol. The Morgan fingerprint density at radius 1 is 1.24 bits per heavy atom. The van der Waals surface area contributed by atoms with Crippen LogP contribution in [0.3, 0.4) is 0 Å². The predicted molar refractivity (Wildman–Crippen MR) is 106 cm³/mol. The molecule has 0 atom stereocenters. The van der Waals surface area contributed by atoms with Gasteiger partial charge in [0.05, 0.1) is 23.1 Å². The fraction of sp³-hybridized carbons (Fsp3) is 0.350. The van der Waals surface area contributed by atoms with Gasteiger partial charge in [-0.15, -0.1) is 11.3 Å². The summed E-state index contributed by atoms with van der Waals surface area (Å²) >= 11 is 1.15. The van der Waals surface area contributed by atoms with Crippen LogP contribution in [0.25, 0.3) is 10.2 Å². The van der Waals surface area contributed by atoms with Crippen molar-refractivity contribution in [1.82, 2.24) is 9.55 Å². The Labute approximate surface area is 168 Å². The van der Waals surface area contributed by atoms with Gasteiger partial charge in [0, 0.05) is 10.9 Å². The van der Waals surface area contributed by atoms with Gasteiger partial charge in [-0.1, -0.05) is 25.0 Å². The molecule has 0 saturated heterocycles. The number of rotatable bonds is 3. The van der Waals surface area contributed by atoms with Crippen LogP contribution >= 0.6 is 11.3 Å². The number of anilines is 1. The second kappa shape index (κ2) is 7.29. The third kappa shape index (κ3) is 3.55. The van der Waals surface area contributed by atoms with Gasteiger partial charge >= 0.3 is 6.18 Å². The quantitative estimate of drug-likeness (QED) is 0.636. The maximum absolute atomic E-state index is 13.2. The van der Waals surface area contributed by atoms with Crippen LogP contribution in [-0.4, -0.2) is 15.5 Å². The van der Waals surface area contributed by atoms with E-state index in [1.165, 1.54) is 24.5 Å². The van der Waals surface area contributed by atoms with Gasteiger partial charge in [0.2, 0.25) is 0 Å². The fourth-order valence-electron chi connectivity index (χ4n) is 3.82. The van der Waals surface area contributed by atoms with E-state index >= 15 is 0 Å². The summed E-state index contributed by atoms with van der Waals surface area (Å²) in [4.78, 5) is 30.6. The smallest absolute Gasteiger partial charge is 0.321 e. The zero-order chi connectivity index (χ0) is 20.8. The Morgan fingerprint density at radius 2 is 1.93 bits per heavy atom. The lowest BCUT2D eigenvalue weighted by molar-refractivity contribution is -0.136. The number of nitrogens with zero attached hydrogens (tertiary/aromatic N) is 2. The number of carbonyl (C=O) groups excluding carboxylic acids is 1. The zero-order valence-corrected chi connectivity index (χ0v) is 16.4. The van der Waals surface area contributed by atoms with E-state index in [1.807, 2.05) is 0 Å². The van der Waals surface area contributed by atoms with E-state index in [4.69, 9.17) is 0 Å². The monoisotopic (exact) mass is 421 g/mol. The zero-order valence-electron chi connectivity index (χ0n) is 15.5. The molecule has 2 aromatic heterocycles. The first kappa shape index (κ1) is 19.6. The van der Waals surface area contributed by atoms with Gasteiger partial charge in [-0.25, -0.2) is 4.98 Å². The molecule has 1 saturated carbocycles. The lowest BCUT2D eigenvalue weighted by Crippen LogP contribution is -2.23. The molecule has 0 spiro atoms. The van der Waals surface area contributed by atoms with Gasteiger partial charge in [0.25, 0.3) is 11.5 Å². The second-order valence-electron chi connectivity index (χ2n) is 7.10. The van der Waals surface area contributed by atoms with Crippen molar-refractivity contribution in [2.24, 2.45) is 0 Å². The molecule has 1 aliphatic rings. The highest BCUT2D eigenvalue weighted by atomic mass is 32.1. The number of hydrogen-bond acceptors (Lipinski definition) is 4. The number of halogens is 3. The number of thiophene rings is 1. The highest BCUT2D eigenvalue weighted by Crippen LogP contribution is 2.36. The van der Waals surface area contributed by atoms with E-state index in [2.05, 4.69) is 10.3 Å². The first-order valence-electron chi connectivity index (χ1n) is 9.25. The van der Waals surface area contributed by atoms with E-state index in [0.717, 1.165) is 43.1 Å². The molecule has 9 heteroatoms. The van der Waals surface area contributed by atoms with Crippen molar-refractivity contribution < 1.29 is 18.0 Å². The van der Waals surface area contributed by atoms with Gasteiger partial charge in [-0.2, -0.15) is 13.2 Å². The van der Waals surface area contributed by atoms with Crippen molar-refractivity contribution >= 4 is 33.1 Å². The van der Waals surface area contributed by atoms with Crippen LogP contribution in [0.5, 0.6) is 0 Å². The summed E-state index contributed by atoms with van der Waals surface area (Å²) in [5, 5.41) is 2.34. The number of benzene rings is 1. The minimum absolute atomic E-state index is 0.109. The summed E-state index contributed by atoms with van der Waals surface area (Å²) in [6, 6.07) is 4.90. The van der Waals surface area contributed by atoms with Gasteiger partial charge in [-0.3, -0.25) is 14.2 Å². The Balaban J connectivity index is 1.73. The predicted octanol–water partition coefficient (Wildman–Crippen LogP) is 5.15. The first-order valence-corrected chi connectivity index (χ1v) is 10.1. The molecule has 2 heterocycles. The van der Waals surface area contributed by atoms with Crippen LogP contribution in [0.4, 0.5) is 18.9 Å². The minimum Gasteiger partial charge on any atom is -0.321 e. The molecule has 1 fully saturated rings.